The highest BCUT2D eigenvalue weighted by molar-refractivity contribution is 6.38. The molecule has 3 aliphatic heterocycles. The van der Waals surface area contributed by atoms with Crippen LogP contribution in [0.4, 0.5) is 0 Å². The fourth-order valence-corrected chi connectivity index (χ4v) is 5.86. The topological polar surface area (TPSA) is 90.0 Å². The van der Waals surface area contributed by atoms with Crippen molar-refractivity contribution in [3.63, 3.8) is 0 Å². The molecule has 0 aromatic heterocycles. The quantitative estimate of drug-likeness (QED) is 0.288. The predicted molar refractivity (Wildman–Crippen MR) is 142 cm³/mol. The molecule has 2 bridgehead atoms. The minimum Gasteiger partial charge on any atom is -0.464 e. The standard InChI is InChI=1S/C30H45NO6/c1-4-10-23-20-22(3)19-21(2)15-16-24-11-9-14-27(37-24)28(33)29(34)31-17-7-5-12-25(31)30(35)36-18-8-6-13-26(23)32/h4,20-21,23-25,27H,1,5-19H2,2-3H3. The number of piperidine rings is 1. The van der Waals surface area contributed by atoms with Gasteiger partial charge in [0.1, 0.15) is 17.9 Å². The molecule has 7 nitrogen and oxygen atoms in total. The molecule has 3 aliphatic rings. The van der Waals surface area contributed by atoms with E-state index in [2.05, 4.69) is 26.5 Å². The van der Waals surface area contributed by atoms with Crippen LogP contribution in [0.5, 0.6) is 0 Å². The first kappa shape index (κ1) is 29.3. The van der Waals surface area contributed by atoms with E-state index in [1.165, 1.54) is 10.5 Å². The molecule has 5 atom stereocenters. The minimum atomic E-state index is -0.735. The molecule has 37 heavy (non-hydrogen) atoms. The highest BCUT2D eigenvalue weighted by Crippen LogP contribution is 2.28. The van der Waals surface area contributed by atoms with Gasteiger partial charge in [-0.25, -0.2) is 4.79 Å². The van der Waals surface area contributed by atoms with E-state index in [1.807, 2.05) is 0 Å². The van der Waals surface area contributed by atoms with Crippen molar-refractivity contribution in [3.05, 3.63) is 24.3 Å². The molecule has 7 heteroatoms. The molecule has 3 heterocycles. The zero-order valence-electron chi connectivity index (χ0n) is 22.8. The largest absolute Gasteiger partial charge is 0.464 e. The Balaban J connectivity index is 1.75. The van der Waals surface area contributed by atoms with Crippen LogP contribution in [0, 0.1) is 11.8 Å². The molecular formula is C30H45NO6. The molecule has 1 amide bonds. The predicted octanol–water partition coefficient (Wildman–Crippen LogP) is 5.12. The lowest BCUT2D eigenvalue weighted by Crippen LogP contribution is -2.53. The van der Waals surface area contributed by atoms with Crippen molar-refractivity contribution >= 4 is 23.4 Å². The van der Waals surface area contributed by atoms with Crippen molar-refractivity contribution in [1.29, 1.82) is 0 Å². The number of nitrogens with zero attached hydrogens (tertiary/aromatic N) is 1. The Morgan fingerprint density at radius 1 is 1.00 bits per heavy atom. The zero-order chi connectivity index (χ0) is 26.8. The van der Waals surface area contributed by atoms with Gasteiger partial charge in [0.2, 0.25) is 5.78 Å². The number of carbonyl (C=O) groups is 4. The van der Waals surface area contributed by atoms with Crippen molar-refractivity contribution in [1.82, 2.24) is 4.90 Å². The molecule has 0 aromatic carbocycles. The van der Waals surface area contributed by atoms with Gasteiger partial charge in [0.15, 0.2) is 0 Å². The first-order valence-corrected chi connectivity index (χ1v) is 14.3. The number of allylic oxidation sites excluding steroid dienone is 3. The van der Waals surface area contributed by atoms with E-state index < -0.39 is 29.8 Å². The second kappa shape index (κ2) is 14.6. The van der Waals surface area contributed by atoms with Crippen LogP contribution in [0.2, 0.25) is 0 Å². The second-order valence-corrected chi connectivity index (χ2v) is 11.2. The number of hydrogen-bond donors (Lipinski definition) is 0. The molecule has 0 aromatic rings. The average molecular weight is 516 g/mol. The van der Waals surface area contributed by atoms with Crippen molar-refractivity contribution in [2.45, 2.75) is 116 Å². The van der Waals surface area contributed by atoms with Gasteiger partial charge in [-0.15, -0.1) is 6.58 Å². The van der Waals surface area contributed by atoms with E-state index in [1.54, 1.807) is 6.08 Å². The molecule has 0 aliphatic carbocycles. The van der Waals surface area contributed by atoms with Gasteiger partial charge < -0.3 is 14.4 Å². The SMILES string of the molecule is C=CCC1C=C(C)CC(C)CCC2CCCC(O2)C(=O)C(=O)N2CCCCC2C(=O)OCCCCC1=O. The molecule has 5 unspecified atom stereocenters. The number of fused-ring (bicyclic) bond motifs is 3. The number of rotatable bonds is 2. The van der Waals surface area contributed by atoms with E-state index in [-0.39, 0.29) is 24.4 Å². The summed E-state index contributed by atoms with van der Waals surface area (Å²) in [4.78, 5) is 53.5. The van der Waals surface area contributed by atoms with Gasteiger partial charge in [-0.1, -0.05) is 24.6 Å². The molecule has 2 saturated heterocycles. The van der Waals surface area contributed by atoms with Crippen molar-refractivity contribution in [2.24, 2.45) is 11.8 Å². The van der Waals surface area contributed by atoms with Crippen LogP contribution in [0.15, 0.2) is 24.3 Å². The van der Waals surface area contributed by atoms with E-state index in [9.17, 15) is 19.2 Å². The summed E-state index contributed by atoms with van der Waals surface area (Å²) < 4.78 is 11.6. The Morgan fingerprint density at radius 3 is 2.59 bits per heavy atom. The van der Waals surface area contributed by atoms with Crippen molar-refractivity contribution in [2.75, 3.05) is 13.2 Å². The zero-order valence-corrected chi connectivity index (χ0v) is 22.8. The van der Waals surface area contributed by atoms with E-state index in [0.29, 0.717) is 51.0 Å². The first-order valence-electron chi connectivity index (χ1n) is 14.3. The molecule has 0 saturated carbocycles. The summed E-state index contributed by atoms with van der Waals surface area (Å²) in [6, 6.07) is -0.730. The first-order chi connectivity index (χ1) is 17.8. The van der Waals surface area contributed by atoms with Crippen LogP contribution in [0.1, 0.15) is 97.3 Å². The van der Waals surface area contributed by atoms with E-state index >= 15 is 0 Å². The third kappa shape index (κ3) is 8.62. The van der Waals surface area contributed by atoms with Crippen LogP contribution in [-0.4, -0.2) is 59.7 Å². The maximum absolute atomic E-state index is 13.2. The third-order valence-electron chi connectivity index (χ3n) is 7.92. The van der Waals surface area contributed by atoms with Crippen LogP contribution in [-0.2, 0) is 28.7 Å². The molecule has 0 N–H and O–H groups in total. The summed E-state index contributed by atoms with van der Waals surface area (Å²) in [7, 11) is 0. The van der Waals surface area contributed by atoms with Gasteiger partial charge in [-0.3, -0.25) is 14.4 Å². The highest BCUT2D eigenvalue weighted by atomic mass is 16.5. The molecule has 3 rings (SSSR count). The Hall–Kier alpha value is -2.28. The van der Waals surface area contributed by atoms with Gasteiger partial charge in [0, 0.05) is 18.9 Å². The number of esters is 1. The van der Waals surface area contributed by atoms with Crippen molar-refractivity contribution in [3.8, 4) is 0 Å². The fraction of sp³-hybridized carbons (Fsp3) is 0.733. The lowest BCUT2D eigenvalue weighted by molar-refractivity contribution is -0.164. The van der Waals surface area contributed by atoms with E-state index in [0.717, 1.165) is 44.9 Å². The monoisotopic (exact) mass is 515 g/mol. The lowest BCUT2D eigenvalue weighted by Gasteiger charge is -2.35. The maximum Gasteiger partial charge on any atom is 0.328 e. The van der Waals surface area contributed by atoms with Gasteiger partial charge in [-0.05, 0) is 89.9 Å². The maximum atomic E-state index is 13.2. The highest BCUT2D eigenvalue weighted by Gasteiger charge is 2.40. The average Bonchev–Trinajstić information content (AvgIpc) is 2.90. The van der Waals surface area contributed by atoms with Crippen LogP contribution in [0.3, 0.4) is 0 Å². The summed E-state index contributed by atoms with van der Waals surface area (Å²) in [5, 5.41) is 0. The van der Waals surface area contributed by atoms with Gasteiger partial charge >= 0.3 is 5.97 Å². The number of ketones is 2. The summed E-state index contributed by atoms with van der Waals surface area (Å²) >= 11 is 0. The molecular weight excluding hydrogens is 470 g/mol. The summed E-state index contributed by atoms with van der Waals surface area (Å²) in [5.74, 6) is -1.17. The number of carbonyl (C=O) groups excluding carboxylic acids is 4. The van der Waals surface area contributed by atoms with Gasteiger partial charge in [0.25, 0.3) is 5.91 Å². The number of Topliss-reactive ketones (excluding diaryl/α,β-unsaturated/α-hetero) is 2. The molecule has 0 spiro atoms. The Kier molecular flexibility index (Phi) is 11.6. The Morgan fingerprint density at radius 2 is 1.81 bits per heavy atom. The molecule has 2 fully saturated rings. The van der Waals surface area contributed by atoms with Gasteiger partial charge in [0.05, 0.1) is 12.7 Å². The lowest BCUT2D eigenvalue weighted by atomic mass is 9.89. The van der Waals surface area contributed by atoms with E-state index in [4.69, 9.17) is 9.47 Å². The number of cyclic esters (lactones) is 1. The number of amides is 1. The Labute approximate surface area is 222 Å². The fourth-order valence-electron chi connectivity index (χ4n) is 5.86. The Bertz CT molecular complexity index is 864. The van der Waals surface area contributed by atoms with Crippen LogP contribution >= 0.6 is 0 Å². The molecule has 206 valence electrons. The van der Waals surface area contributed by atoms with Crippen LogP contribution < -0.4 is 0 Å². The summed E-state index contributed by atoms with van der Waals surface area (Å²) in [6.45, 7) is 8.70. The number of hydrogen-bond acceptors (Lipinski definition) is 6. The van der Waals surface area contributed by atoms with Gasteiger partial charge in [-0.2, -0.15) is 0 Å². The summed E-state index contributed by atoms with van der Waals surface area (Å²) in [5.41, 5.74) is 1.20. The number of ether oxygens (including phenoxy) is 2. The third-order valence-corrected chi connectivity index (χ3v) is 7.92. The van der Waals surface area contributed by atoms with Crippen LogP contribution in [0.25, 0.3) is 0 Å². The second-order valence-electron chi connectivity index (χ2n) is 11.2. The summed E-state index contributed by atoms with van der Waals surface area (Å²) in [6.07, 6.45) is 12.4. The normalized spacial score (nSPS) is 32.0. The smallest absolute Gasteiger partial charge is 0.328 e. The minimum absolute atomic E-state index is 0.0476. The molecule has 0 radical (unpaired) electrons. The van der Waals surface area contributed by atoms with Crippen molar-refractivity contribution < 1.29 is 28.7 Å².